The molecule has 126 valence electrons. The van der Waals surface area contributed by atoms with Crippen LogP contribution in [0.4, 0.5) is 5.82 Å². The van der Waals surface area contributed by atoms with Crippen LogP contribution in [-0.4, -0.2) is 36.0 Å². The van der Waals surface area contributed by atoms with E-state index < -0.39 is 0 Å². The lowest BCUT2D eigenvalue weighted by Crippen LogP contribution is -2.31. The summed E-state index contributed by atoms with van der Waals surface area (Å²) in [5, 5.41) is 3.05. The summed E-state index contributed by atoms with van der Waals surface area (Å²) in [6, 6.07) is 13.8. The van der Waals surface area contributed by atoms with Gasteiger partial charge in [0.15, 0.2) is 0 Å². The van der Waals surface area contributed by atoms with Crippen LogP contribution < -0.4 is 10.1 Å². The van der Waals surface area contributed by atoms with Crippen LogP contribution in [0.15, 0.2) is 48.7 Å². The fraction of sp³-hybridized carbons (Fsp3) is 0.368. The molecule has 1 aliphatic heterocycles. The number of hydrogen-bond donors (Lipinski definition) is 1. The number of nitrogens with zero attached hydrogens (tertiary/aromatic N) is 2. The zero-order valence-corrected chi connectivity index (χ0v) is 13.9. The van der Waals surface area contributed by atoms with E-state index in [-0.39, 0.29) is 11.9 Å². The number of ether oxygens (including phenoxy) is 1. The fourth-order valence-electron chi connectivity index (χ4n) is 3.12. The second-order valence-electron chi connectivity index (χ2n) is 5.88. The van der Waals surface area contributed by atoms with Crippen LogP contribution in [0.3, 0.4) is 0 Å². The Kier molecular flexibility index (Phi) is 5.31. The first-order valence-electron chi connectivity index (χ1n) is 8.39. The molecule has 1 atom stereocenters. The number of carbonyl (C=O) groups excluding carboxylic acids is 1. The molecule has 2 heterocycles. The molecule has 0 aliphatic carbocycles. The zero-order valence-electron chi connectivity index (χ0n) is 13.9. The summed E-state index contributed by atoms with van der Waals surface area (Å²) >= 11 is 0. The molecule has 1 amide bonds. The van der Waals surface area contributed by atoms with Crippen molar-refractivity contribution in [3.05, 3.63) is 54.2 Å². The normalized spacial score (nSPS) is 16.9. The quantitative estimate of drug-likeness (QED) is 0.886. The average Bonchev–Trinajstić information content (AvgIpc) is 3.12. The van der Waals surface area contributed by atoms with E-state index in [0.717, 1.165) is 36.5 Å². The molecule has 0 unspecified atom stereocenters. The Hall–Kier alpha value is -2.56. The molecule has 2 aromatic rings. The van der Waals surface area contributed by atoms with Crippen molar-refractivity contribution in [1.82, 2.24) is 9.88 Å². The molecular formula is C19H23N3O2. The van der Waals surface area contributed by atoms with E-state index in [4.69, 9.17) is 4.74 Å². The molecule has 5 heteroatoms. The highest BCUT2D eigenvalue weighted by atomic mass is 16.5. The molecule has 24 heavy (non-hydrogen) atoms. The molecular weight excluding hydrogens is 302 g/mol. The van der Waals surface area contributed by atoms with Crippen LogP contribution >= 0.6 is 0 Å². The van der Waals surface area contributed by atoms with E-state index in [2.05, 4.69) is 10.3 Å². The minimum Gasteiger partial charge on any atom is -0.493 e. The summed E-state index contributed by atoms with van der Waals surface area (Å²) in [6.07, 6.45) is 4.22. The van der Waals surface area contributed by atoms with Crippen molar-refractivity contribution in [3.8, 4) is 5.75 Å². The summed E-state index contributed by atoms with van der Waals surface area (Å²) < 4.78 is 5.65. The lowest BCUT2D eigenvalue weighted by atomic mass is 10.1. The van der Waals surface area contributed by atoms with Gasteiger partial charge in [0, 0.05) is 19.8 Å². The maximum atomic E-state index is 12.6. The molecule has 1 aromatic carbocycles. The predicted molar refractivity (Wildman–Crippen MR) is 94.0 cm³/mol. The van der Waals surface area contributed by atoms with E-state index in [0.29, 0.717) is 13.0 Å². The standard InChI is InChI=1S/C19H23N3O2/c1-20-18-14-15(9-11-21-18)17-8-5-12-22(17)19(23)10-13-24-16-6-3-2-4-7-16/h2-4,6-7,9,11,14,17H,5,8,10,12-13H2,1H3,(H,20,21)/t17-/m1/s1. The van der Waals surface area contributed by atoms with Crippen molar-refractivity contribution in [3.63, 3.8) is 0 Å². The van der Waals surface area contributed by atoms with Gasteiger partial charge >= 0.3 is 0 Å². The molecule has 1 aliphatic rings. The van der Waals surface area contributed by atoms with Crippen molar-refractivity contribution < 1.29 is 9.53 Å². The van der Waals surface area contributed by atoms with Gasteiger partial charge in [0.25, 0.3) is 0 Å². The van der Waals surface area contributed by atoms with Crippen LogP contribution in [0.2, 0.25) is 0 Å². The lowest BCUT2D eigenvalue weighted by molar-refractivity contribution is -0.132. The zero-order chi connectivity index (χ0) is 16.8. The van der Waals surface area contributed by atoms with E-state index in [1.807, 2.05) is 54.4 Å². The number of nitrogens with one attached hydrogen (secondary N) is 1. The van der Waals surface area contributed by atoms with E-state index in [1.54, 1.807) is 6.20 Å². The molecule has 1 fully saturated rings. The number of benzene rings is 1. The number of para-hydroxylation sites is 1. The number of carbonyl (C=O) groups is 1. The monoisotopic (exact) mass is 325 g/mol. The second kappa shape index (κ2) is 7.81. The van der Waals surface area contributed by atoms with Crippen molar-refractivity contribution >= 4 is 11.7 Å². The second-order valence-corrected chi connectivity index (χ2v) is 5.88. The molecule has 5 nitrogen and oxygen atoms in total. The number of rotatable bonds is 6. The molecule has 0 bridgehead atoms. The number of anilines is 1. The van der Waals surface area contributed by atoms with Gasteiger partial charge in [0.05, 0.1) is 19.1 Å². The third kappa shape index (κ3) is 3.85. The van der Waals surface area contributed by atoms with Gasteiger partial charge in [-0.3, -0.25) is 4.79 Å². The maximum Gasteiger partial charge on any atom is 0.226 e. The Balaban J connectivity index is 1.59. The van der Waals surface area contributed by atoms with Gasteiger partial charge in [-0.2, -0.15) is 0 Å². The molecule has 1 aromatic heterocycles. The average molecular weight is 325 g/mol. The van der Waals surface area contributed by atoms with Crippen LogP contribution in [0, 0.1) is 0 Å². The van der Waals surface area contributed by atoms with Crippen molar-refractivity contribution in [2.75, 3.05) is 25.5 Å². The van der Waals surface area contributed by atoms with Crippen molar-refractivity contribution in [2.45, 2.75) is 25.3 Å². The van der Waals surface area contributed by atoms with Crippen LogP contribution in [0.1, 0.15) is 30.9 Å². The third-order valence-electron chi connectivity index (χ3n) is 4.33. The van der Waals surface area contributed by atoms with Gasteiger partial charge in [-0.15, -0.1) is 0 Å². The number of aromatic nitrogens is 1. The number of pyridine rings is 1. The van der Waals surface area contributed by atoms with Crippen molar-refractivity contribution in [1.29, 1.82) is 0 Å². The molecule has 0 radical (unpaired) electrons. The first-order chi connectivity index (χ1) is 11.8. The SMILES string of the molecule is CNc1cc([C@H]2CCCN2C(=O)CCOc2ccccc2)ccn1. The predicted octanol–water partition coefficient (Wildman–Crippen LogP) is 3.26. The topological polar surface area (TPSA) is 54.5 Å². The number of hydrogen-bond acceptors (Lipinski definition) is 4. The third-order valence-corrected chi connectivity index (χ3v) is 4.33. The molecule has 0 saturated carbocycles. The minimum atomic E-state index is 0.143. The van der Waals surface area contributed by atoms with Crippen LogP contribution in [-0.2, 0) is 4.79 Å². The Morgan fingerprint density at radius 2 is 2.17 bits per heavy atom. The number of likely N-dealkylation sites (tertiary alicyclic amines) is 1. The Labute approximate surface area is 142 Å². The van der Waals surface area contributed by atoms with E-state index in [9.17, 15) is 4.79 Å². The number of amides is 1. The molecule has 1 N–H and O–H groups in total. The highest BCUT2D eigenvalue weighted by molar-refractivity contribution is 5.77. The van der Waals surface area contributed by atoms with Gasteiger partial charge in [-0.25, -0.2) is 4.98 Å². The largest absolute Gasteiger partial charge is 0.493 e. The minimum absolute atomic E-state index is 0.143. The van der Waals surface area contributed by atoms with E-state index in [1.165, 1.54) is 0 Å². The van der Waals surface area contributed by atoms with Crippen molar-refractivity contribution in [2.24, 2.45) is 0 Å². The van der Waals surface area contributed by atoms with Crippen LogP contribution in [0.25, 0.3) is 0 Å². The highest BCUT2D eigenvalue weighted by Crippen LogP contribution is 2.33. The Morgan fingerprint density at radius 3 is 2.96 bits per heavy atom. The smallest absolute Gasteiger partial charge is 0.226 e. The molecule has 1 saturated heterocycles. The Bertz CT molecular complexity index is 675. The van der Waals surface area contributed by atoms with Gasteiger partial charge in [0.1, 0.15) is 11.6 Å². The van der Waals surface area contributed by atoms with Crippen LogP contribution in [0.5, 0.6) is 5.75 Å². The molecule has 3 rings (SSSR count). The van der Waals surface area contributed by atoms with E-state index >= 15 is 0 Å². The summed E-state index contributed by atoms with van der Waals surface area (Å²) in [7, 11) is 1.85. The summed E-state index contributed by atoms with van der Waals surface area (Å²) in [5.74, 6) is 1.78. The van der Waals surface area contributed by atoms with Gasteiger partial charge in [-0.1, -0.05) is 18.2 Å². The first-order valence-corrected chi connectivity index (χ1v) is 8.39. The van der Waals surface area contributed by atoms with Gasteiger partial charge < -0.3 is 15.0 Å². The summed E-state index contributed by atoms with van der Waals surface area (Å²) in [4.78, 5) is 18.8. The lowest BCUT2D eigenvalue weighted by Gasteiger charge is -2.25. The fourth-order valence-corrected chi connectivity index (χ4v) is 3.12. The highest BCUT2D eigenvalue weighted by Gasteiger charge is 2.29. The van der Waals surface area contributed by atoms with Gasteiger partial charge in [-0.05, 0) is 42.7 Å². The summed E-state index contributed by atoms with van der Waals surface area (Å²) in [6.45, 7) is 1.22. The Morgan fingerprint density at radius 1 is 1.33 bits per heavy atom. The maximum absolute atomic E-state index is 12.6. The molecule has 0 spiro atoms. The first kappa shape index (κ1) is 16.3. The van der Waals surface area contributed by atoms with Gasteiger partial charge in [0.2, 0.25) is 5.91 Å². The summed E-state index contributed by atoms with van der Waals surface area (Å²) in [5.41, 5.74) is 1.14.